The third kappa shape index (κ3) is 3.73. The molecule has 0 N–H and O–H groups in total. The summed E-state index contributed by atoms with van der Waals surface area (Å²) < 4.78 is 244. The first-order valence-corrected chi connectivity index (χ1v) is 7.08. The van der Waals surface area contributed by atoms with E-state index in [9.17, 15) is 87.6 Å². The molecule has 0 radical (unpaired) electrons. The Labute approximate surface area is 165 Å². The molecule has 0 aliphatic heterocycles. The standard InChI is InChI=1S/C8HF17O3S.Zn/c9-1(10,3(13,14)5(17,18)7(21,22)23)2(11,12)4(15,16)6(19,20)8(24,25)29(26,27)28;/h(H,26,27,28);/q;+2/p-1. The quantitative estimate of drug-likeness (QED) is 0.260. The second kappa shape index (κ2) is 7.45. The van der Waals surface area contributed by atoms with Gasteiger partial charge in [-0.25, -0.2) is 8.42 Å². The summed E-state index contributed by atoms with van der Waals surface area (Å²) in [6.45, 7) is 0. The normalized spacial score (nSPS) is 16.3. The molecule has 22 heteroatoms. The van der Waals surface area contributed by atoms with Crippen molar-refractivity contribution in [1.29, 1.82) is 0 Å². The second-order valence-corrected chi connectivity index (χ2v) is 6.34. The molecule has 0 bridgehead atoms. The molecule has 0 rings (SSSR count). The van der Waals surface area contributed by atoms with Crippen LogP contribution < -0.4 is 0 Å². The zero-order chi connectivity index (χ0) is 24.5. The van der Waals surface area contributed by atoms with E-state index in [0.29, 0.717) is 0 Å². The van der Waals surface area contributed by atoms with E-state index in [4.69, 9.17) is 0 Å². The van der Waals surface area contributed by atoms with E-state index >= 15 is 0 Å². The van der Waals surface area contributed by atoms with Gasteiger partial charge in [0.2, 0.25) is 0 Å². The molecule has 0 unspecified atom stereocenters. The summed E-state index contributed by atoms with van der Waals surface area (Å²) in [6, 6.07) is 0. The SMILES string of the molecule is O=S(=O)([O-])C(F)(F)C(F)(F)C(F)(F)C(F)(F)C(F)(F)C(F)(F)C(F)(F)C(F)(F)F.[Zn+2]. The van der Waals surface area contributed by atoms with Crippen LogP contribution in [-0.2, 0) is 29.6 Å². The Morgan fingerprint density at radius 1 is 0.433 bits per heavy atom. The Balaban J connectivity index is 0. The molecule has 0 heterocycles. The fraction of sp³-hybridized carbons (Fsp3) is 1.00. The molecule has 3 nitrogen and oxygen atoms in total. The van der Waals surface area contributed by atoms with Crippen LogP contribution in [0.3, 0.4) is 0 Å². The summed E-state index contributed by atoms with van der Waals surface area (Å²) in [6.07, 6.45) is -7.89. The summed E-state index contributed by atoms with van der Waals surface area (Å²) in [4.78, 5) is 0. The minimum atomic E-state index is -8.92. The van der Waals surface area contributed by atoms with Gasteiger partial charge in [0.05, 0.1) is 0 Å². The number of hydrogen-bond acceptors (Lipinski definition) is 3. The molecule has 0 fully saturated rings. The smallest absolute Gasteiger partial charge is 0.743 e. The number of alkyl halides is 17. The van der Waals surface area contributed by atoms with Crippen molar-refractivity contribution in [2.24, 2.45) is 0 Å². The minimum absolute atomic E-state index is 0. The molecule has 0 amide bonds. The van der Waals surface area contributed by atoms with Gasteiger partial charge >= 0.3 is 66.4 Å². The zero-order valence-corrected chi connectivity index (χ0v) is 16.5. The topological polar surface area (TPSA) is 57.2 Å². The maximum Gasteiger partial charge on any atom is 2.00 e. The molecular weight excluding hydrogens is 565 g/mol. The maximum atomic E-state index is 13.0. The van der Waals surface area contributed by atoms with Crippen molar-refractivity contribution >= 4 is 10.1 Å². The maximum absolute atomic E-state index is 13.0. The van der Waals surface area contributed by atoms with Gasteiger partial charge in [-0.2, -0.15) is 74.6 Å². The summed E-state index contributed by atoms with van der Waals surface area (Å²) in [5.74, 6) is -52.1. The van der Waals surface area contributed by atoms with Gasteiger partial charge in [-0.1, -0.05) is 0 Å². The largest absolute Gasteiger partial charge is 2.00 e. The van der Waals surface area contributed by atoms with E-state index in [0.717, 1.165) is 0 Å². The van der Waals surface area contributed by atoms with E-state index in [1.54, 1.807) is 0 Å². The summed E-state index contributed by atoms with van der Waals surface area (Å²) in [7, 11) is -8.14. The van der Waals surface area contributed by atoms with Crippen molar-refractivity contribution in [3.05, 3.63) is 0 Å². The molecular formula is C8F17O3SZn+. The van der Waals surface area contributed by atoms with Crippen LogP contribution in [0.15, 0.2) is 0 Å². The predicted molar refractivity (Wildman–Crippen MR) is 50.4 cm³/mol. The molecule has 0 spiro atoms. The average molecular weight is 565 g/mol. The van der Waals surface area contributed by atoms with Crippen molar-refractivity contribution in [3.63, 3.8) is 0 Å². The van der Waals surface area contributed by atoms with Crippen molar-refractivity contribution in [2.75, 3.05) is 0 Å². The van der Waals surface area contributed by atoms with E-state index in [-0.39, 0.29) is 19.5 Å². The first-order valence-electron chi connectivity index (χ1n) is 5.67. The molecule has 30 heavy (non-hydrogen) atoms. The Bertz CT molecular complexity index is 739. The van der Waals surface area contributed by atoms with Gasteiger partial charge in [-0.05, 0) is 0 Å². The van der Waals surface area contributed by atoms with E-state index in [2.05, 4.69) is 0 Å². The molecule has 0 saturated heterocycles. The van der Waals surface area contributed by atoms with Crippen molar-refractivity contribution in [2.45, 2.75) is 47.0 Å². The molecule has 0 aliphatic rings. The van der Waals surface area contributed by atoms with Gasteiger partial charge in [0.1, 0.15) is 0 Å². The molecule has 0 aromatic rings. The van der Waals surface area contributed by atoms with Crippen LogP contribution in [0, 0.1) is 0 Å². The van der Waals surface area contributed by atoms with Gasteiger partial charge in [0.25, 0.3) is 0 Å². The van der Waals surface area contributed by atoms with Gasteiger partial charge in [-0.15, -0.1) is 0 Å². The van der Waals surface area contributed by atoms with E-state index in [1.165, 1.54) is 0 Å². The third-order valence-corrected chi connectivity index (χ3v) is 3.89. The summed E-state index contributed by atoms with van der Waals surface area (Å²) >= 11 is 0. The van der Waals surface area contributed by atoms with Crippen LogP contribution in [0.5, 0.6) is 0 Å². The van der Waals surface area contributed by atoms with Gasteiger partial charge in [0.15, 0.2) is 10.1 Å². The van der Waals surface area contributed by atoms with E-state index < -0.39 is 57.1 Å². The Kier molecular flexibility index (Phi) is 7.83. The predicted octanol–water partition coefficient (Wildman–Crippen LogP) is 4.50. The monoisotopic (exact) mass is 563 g/mol. The zero-order valence-electron chi connectivity index (χ0n) is 12.8. The van der Waals surface area contributed by atoms with Crippen LogP contribution >= 0.6 is 0 Å². The Morgan fingerprint density at radius 2 is 0.633 bits per heavy atom. The minimum Gasteiger partial charge on any atom is -0.743 e. The molecule has 176 valence electrons. The van der Waals surface area contributed by atoms with Crippen LogP contribution in [-0.4, -0.2) is 59.9 Å². The molecule has 0 saturated carbocycles. The molecule has 0 aromatic heterocycles. The summed E-state index contributed by atoms with van der Waals surface area (Å²) in [5.41, 5.74) is 0. The van der Waals surface area contributed by atoms with Crippen molar-refractivity contribution < 1.29 is 107 Å². The van der Waals surface area contributed by atoms with Crippen LogP contribution in [0.25, 0.3) is 0 Å². The van der Waals surface area contributed by atoms with Crippen LogP contribution in [0.1, 0.15) is 0 Å². The first-order chi connectivity index (χ1) is 12.0. The fourth-order valence-corrected chi connectivity index (χ4v) is 1.75. The average Bonchev–Trinajstić information content (AvgIpc) is 2.43. The molecule has 0 atom stereocenters. The number of rotatable bonds is 7. The van der Waals surface area contributed by atoms with Crippen molar-refractivity contribution in [1.82, 2.24) is 0 Å². The fourth-order valence-electron chi connectivity index (χ4n) is 1.31. The number of hydrogen-bond donors (Lipinski definition) is 0. The van der Waals surface area contributed by atoms with Gasteiger partial charge in [0, 0.05) is 0 Å². The van der Waals surface area contributed by atoms with Crippen LogP contribution in [0.4, 0.5) is 74.6 Å². The number of halogens is 17. The van der Waals surface area contributed by atoms with Gasteiger partial charge < -0.3 is 4.55 Å². The Morgan fingerprint density at radius 3 is 0.833 bits per heavy atom. The van der Waals surface area contributed by atoms with E-state index in [1.807, 2.05) is 0 Å². The third-order valence-electron chi connectivity index (χ3n) is 3.01. The van der Waals surface area contributed by atoms with Crippen LogP contribution in [0.2, 0.25) is 0 Å². The van der Waals surface area contributed by atoms with Crippen molar-refractivity contribution in [3.8, 4) is 0 Å². The second-order valence-electron chi connectivity index (χ2n) is 4.92. The molecule has 0 aromatic carbocycles. The summed E-state index contributed by atoms with van der Waals surface area (Å²) in [5, 5.41) is -7.95. The molecule has 0 aliphatic carbocycles. The van der Waals surface area contributed by atoms with Gasteiger partial charge in [-0.3, -0.25) is 0 Å². The Hall–Kier alpha value is -0.657. The first kappa shape index (κ1) is 31.5.